The van der Waals surface area contributed by atoms with Crippen LogP contribution in [0.25, 0.3) is 11.4 Å². The fourth-order valence-corrected chi connectivity index (χ4v) is 4.73. The highest BCUT2D eigenvalue weighted by atomic mass is 16.6. The van der Waals surface area contributed by atoms with Crippen LogP contribution < -0.4 is 16.0 Å². The summed E-state index contributed by atoms with van der Waals surface area (Å²) < 4.78 is 5.02. The van der Waals surface area contributed by atoms with Crippen molar-refractivity contribution in [3.8, 4) is 11.4 Å². The van der Waals surface area contributed by atoms with Gasteiger partial charge in [0, 0.05) is 63.4 Å². The molecular weight excluding hydrogens is 518 g/mol. The minimum Gasteiger partial charge on any atom is -0.481 e. The van der Waals surface area contributed by atoms with E-state index in [1.165, 1.54) is 9.80 Å². The van der Waals surface area contributed by atoms with Crippen molar-refractivity contribution in [2.45, 2.75) is 38.3 Å². The lowest BCUT2D eigenvalue weighted by Gasteiger charge is -2.35. The van der Waals surface area contributed by atoms with Gasteiger partial charge in [-0.1, -0.05) is 30.3 Å². The van der Waals surface area contributed by atoms with E-state index in [9.17, 15) is 24.3 Å². The van der Waals surface area contributed by atoms with Crippen molar-refractivity contribution in [1.29, 1.82) is 0 Å². The number of anilines is 1. The highest BCUT2D eigenvalue weighted by Crippen LogP contribution is 2.23. The van der Waals surface area contributed by atoms with Crippen LogP contribution in [-0.2, 0) is 14.3 Å². The molecule has 13 nitrogen and oxygen atoms in total. The number of carboxylic acid groups (broad SMARTS) is 1. The molecule has 0 bridgehead atoms. The van der Waals surface area contributed by atoms with E-state index in [1.807, 2.05) is 35.2 Å². The Morgan fingerprint density at radius 1 is 1.07 bits per heavy atom. The van der Waals surface area contributed by atoms with Crippen LogP contribution >= 0.6 is 0 Å². The maximum atomic E-state index is 13.5. The lowest BCUT2D eigenvalue weighted by Crippen LogP contribution is -2.56. The SMILES string of the molecule is CCOC(=O)N1CCN(C(=O)[C@H](CCC(=O)O)NC(=O)c2cc(N3CCC(N)C3)nc(-c3ccccc3)n2)CC1. The molecule has 13 heteroatoms. The standard InChI is InChI=1S/C27H35N7O6/c1-2-40-27(39)33-14-12-32(13-15-33)26(38)20(8-9-23(35)36)30-25(37)21-16-22(34-11-10-19(28)17-34)31-24(29-21)18-6-4-3-5-7-18/h3-7,16,19-20H,2,8-15,17,28H2,1H3,(H,30,37)(H,35,36)/t19?,20-/m0/s1. The van der Waals surface area contributed by atoms with Crippen molar-refractivity contribution in [1.82, 2.24) is 25.1 Å². The van der Waals surface area contributed by atoms with Crippen molar-refractivity contribution in [3.63, 3.8) is 0 Å². The molecule has 2 fully saturated rings. The first kappa shape index (κ1) is 28.7. The van der Waals surface area contributed by atoms with Crippen molar-refractivity contribution in [2.75, 3.05) is 50.8 Å². The van der Waals surface area contributed by atoms with Crippen LogP contribution in [0.2, 0.25) is 0 Å². The number of rotatable bonds is 9. The quantitative estimate of drug-likeness (QED) is 0.406. The van der Waals surface area contributed by atoms with Gasteiger partial charge >= 0.3 is 12.1 Å². The number of benzene rings is 1. The molecule has 1 unspecified atom stereocenters. The van der Waals surface area contributed by atoms with E-state index in [2.05, 4.69) is 15.3 Å². The number of nitrogens with one attached hydrogen (secondary N) is 1. The molecule has 3 amide bonds. The normalized spacial score (nSPS) is 17.9. The van der Waals surface area contributed by atoms with Gasteiger partial charge < -0.3 is 35.6 Å². The molecule has 1 aromatic heterocycles. The van der Waals surface area contributed by atoms with E-state index in [0.717, 1.165) is 12.0 Å². The molecule has 4 N–H and O–H groups in total. The van der Waals surface area contributed by atoms with Gasteiger partial charge in [0.25, 0.3) is 5.91 Å². The van der Waals surface area contributed by atoms with Gasteiger partial charge in [-0.3, -0.25) is 14.4 Å². The molecule has 2 saturated heterocycles. The number of carboxylic acids is 1. The van der Waals surface area contributed by atoms with Gasteiger partial charge in [0.05, 0.1) is 6.61 Å². The molecule has 2 aliphatic rings. The summed E-state index contributed by atoms with van der Waals surface area (Å²) in [5, 5.41) is 12.0. The van der Waals surface area contributed by atoms with E-state index < -0.39 is 29.9 Å². The number of nitrogens with two attached hydrogens (primary N) is 1. The van der Waals surface area contributed by atoms with Gasteiger partial charge in [0.2, 0.25) is 5.91 Å². The number of aliphatic carboxylic acids is 1. The second kappa shape index (κ2) is 13.2. The van der Waals surface area contributed by atoms with Gasteiger partial charge in [-0.2, -0.15) is 0 Å². The summed E-state index contributed by atoms with van der Waals surface area (Å²) in [6.07, 6.45) is -0.0580. The predicted octanol–water partition coefficient (Wildman–Crippen LogP) is 0.945. The molecule has 214 valence electrons. The average Bonchev–Trinajstić information content (AvgIpc) is 3.41. The van der Waals surface area contributed by atoms with E-state index in [-0.39, 0.29) is 57.4 Å². The lowest BCUT2D eigenvalue weighted by molar-refractivity contribution is -0.138. The van der Waals surface area contributed by atoms with Crippen LogP contribution in [0.1, 0.15) is 36.7 Å². The topological polar surface area (TPSA) is 171 Å². The van der Waals surface area contributed by atoms with Crippen LogP contribution in [0.3, 0.4) is 0 Å². The second-order valence-electron chi connectivity index (χ2n) is 9.77. The fourth-order valence-electron chi connectivity index (χ4n) is 4.73. The Morgan fingerprint density at radius 2 is 1.77 bits per heavy atom. The molecule has 2 aliphatic heterocycles. The molecule has 0 aliphatic carbocycles. The maximum Gasteiger partial charge on any atom is 0.409 e. The first-order chi connectivity index (χ1) is 19.2. The third-order valence-corrected chi connectivity index (χ3v) is 6.89. The highest BCUT2D eigenvalue weighted by molar-refractivity contribution is 5.97. The summed E-state index contributed by atoms with van der Waals surface area (Å²) in [6, 6.07) is 9.71. The lowest BCUT2D eigenvalue weighted by atomic mass is 10.1. The predicted molar refractivity (Wildman–Crippen MR) is 146 cm³/mol. The minimum atomic E-state index is -1.09. The number of amides is 3. The molecule has 0 radical (unpaired) electrons. The van der Waals surface area contributed by atoms with Gasteiger partial charge in [-0.25, -0.2) is 14.8 Å². The largest absolute Gasteiger partial charge is 0.481 e. The number of piperazine rings is 1. The number of ether oxygens (including phenoxy) is 1. The molecular formula is C27H35N7O6. The highest BCUT2D eigenvalue weighted by Gasteiger charge is 2.32. The summed E-state index contributed by atoms with van der Waals surface area (Å²) in [5.74, 6) is -1.21. The Kier molecular flexibility index (Phi) is 9.48. The zero-order chi connectivity index (χ0) is 28.6. The van der Waals surface area contributed by atoms with Crippen LogP contribution in [0, 0.1) is 0 Å². The van der Waals surface area contributed by atoms with Gasteiger partial charge in [0.1, 0.15) is 17.6 Å². The summed E-state index contributed by atoms with van der Waals surface area (Å²) in [7, 11) is 0. The zero-order valence-electron chi connectivity index (χ0n) is 22.5. The summed E-state index contributed by atoms with van der Waals surface area (Å²) >= 11 is 0. The average molecular weight is 554 g/mol. The van der Waals surface area contributed by atoms with Crippen LogP contribution in [-0.4, -0.2) is 107 Å². The van der Waals surface area contributed by atoms with Crippen molar-refractivity contribution in [3.05, 3.63) is 42.1 Å². The Labute approximate surface area is 232 Å². The Hall–Kier alpha value is -4.26. The molecule has 2 atom stereocenters. The van der Waals surface area contributed by atoms with Crippen molar-refractivity contribution in [2.24, 2.45) is 5.73 Å². The van der Waals surface area contributed by atoms with Crippen LogP contribution in [0.5, 0.6) is 0 Å². The number of aromatic nitrogens is 2. The Balaban J connectivity index is 1.54. The van der Waals surface area contributed by atoms with E-state index in [4.69, 9.17) is 10.5 Å². The van der Waals surface area contributed by atoms with E-state index in [0.29, 0.717) is 24.7 Å². The molecule has 0 saturated carbocycles. The number of carbonyl (C=O) groups excluding carboxylic acids is 3. The van der Waals surface area contributed by atoms with Gasteiger partial charge in [-0.05, 0) is 19.8 Å². The summed E-state index contributed by atoms with van der Waals surface area (Å²) in [4.78, 5) is 64.4. The first-order valence-electron chi connectivity index (χ1n) is 13.4. The van der Waals surface area contributed by atoms with E-state index in [1.54, 1.807) is 13.0 Å². The number of hydrogen-bond acceptors (Lipinski definition) is 9. The minimum absolute atomic E-state index is 0.00488. The van der Waals surface area contributed by atoms with Crippen molar-refractivity contribution < 1.29 is 29.0 Å². The smallest absolute Gasteiger partial charge is 0.409 e. The molecule has 0 spiro atoms. The van der Waals surface area contributed by atoms with Gasteiger partial charge in [-0.15, -0.1) is 0 Å². The molecule has 4 rings (SSSR count). The zero-order valence-corrected chi connectivity index (χ0v) is 22.5. The van der Waals surface area contributed by atoms with Crippen molar-refractivity contribution >= 4 is 29.7 Å². The molecule has 2 aromatic rings. The van der Waals surface area contributed by atoms with E-state index >= 15 is 0 Å². The Morgan fingerprint density at radius 3 is 2.40 bits per heavy atom. The molecule has 3 heterocycles. The monoisotopic (exact) mass is 553 g/mol. The molecule has 40 heavy (non-hydrogen) atoms. The summed E-state index contributed by atoms with van der Waals surface area (Å²) in [5.41, 5.74) is 6.88. The van der Waals surface area contributed by atoms with Crippen LogP contribution in [0.4, 0.5) is 10.6 Å². The second-order valence-corrected chi connectivity index (χ2v) is 9.77. The summed E-state index contributed by atoms with van der Waals surface area (Å²) in [6.45, 7) is 4.27. The molecule has 1 aromatic carbocycles. The number of nitrogens with zero attached hydrogens (tertiary/aromatic N) is 5. The third kappa shape index (κ3) is 7.23. The Bertz CT molecular complexity index is 1220. The van der Waals surface area contributed by atoms with Gasteiger partial charge in [0.15, 0.2) is 5.82 Å². The third-order valence-electron chi connectivity index (χ3n) is 6.89. The fraction of sp³-hybridized carbons (Fsp3) is 0.481. The van der Waals surface area contributed by atoms with Crippen LogP contribution in [0.15, 0.2) is 36.4 Å². The maximum absolute atomic E-state index is 13.5. The first-order valence-corrected chi connectivity index (χ1v) is 13.4. The number of carbonyl (C=O) groups is 4. The number of hydrogen-bond donors (Lipinski definition) is 3.